The lowest BCUT2D eigenvalue weighted by molar-refractivity contribution is -0.129. The molecular weight excluding hydrogens is 238 g/mol. The van der Waals surface area contributed by atoms with E-state index in [4.69, 9.17) is 16.3 Å². The fourth-order valence-corrected chi connectivity index (χ4v) is 2.30. The van der Waals surface area contributed by atoms with E-state index in [2.05, 4.69) is 0 Å². The number of amides is 1. The predicted octanol–water partition coefficient (Wildman–Crippen LogP) is 2.60. The van der Waals surface area contributed by atoms with E-state index in [9.17, 15) is 4.79 Å². The second-order valence-corrected chi connectivity index (χ2v) is 4.60. The Morgan fingerprint density at radius 3 is 2.41 bits per heavy atom. The molecule has 1 unspecified atom stereocenters. The van der Waals surface area contributed by atoms with Gasteiger partial charge in [-0.3, -0.25) is 4.79 Å². The first-order chi connectivity index (χ1) is 8.22. The average molecular weight is 254 g/mol. The number of carbonyl (C=O) groups excluding carboxylic acids is 1. The molecule has 17 heavy (non-hydrogen) atoms. The molecule has 1 amide bonds. The van der Waals surface area contributed by atoms with Gasteiger partial charge in [0.05, 0.1) is 7.11 Å². The standard InChI is InChI=1S/C13H16ClNO2/c1-17-11-6-4-10(5-7-11)12(14)13(16)15-8-2-3-9-15/h4-7,12H,2-3,8-9H2,1H3. The SMILES string of the molecule is COc1ccc(C(Cl)C(=O)N2CCCC2)cc1. The highest BCUT2D eigenvalue weighted by atomic mass is 35.5. The van der Waals surface area contributed by atoms with Crippen LogP contribution in [0.25, 0.3) is 0 Å². The molecule has 0 aromatic heterocycles. The smallest absolute Gasteiger partial charge is 0.245 e. The summed E-state index contributed by atoms with van der Waals surface area (Å²) in [6, 6.07) is 7.32. The molecule has 92 valence electrons. The second kappa shape index (κ2) is 5.41. The van der Waals surface area contributed by atoms with Crippen molar-refractivity contribution in [2.24, 2.45) is 0 Å². The van der Waals surface area contributed by atoms with Gasteiger partial charge in [-0.05, 0) is 30.5 Å². The molecule has 1 atom stereocenters. The Bertz CT molecular complexity index is 385. The van der Waals surface area contributed by atoms with Crippen molar-refractivity contribution < 1.29 is 9.53 Å². The minimum atomic E-state index is -0.584. The molecule has 1 saturated heterocycles. The zero-order valence-corrected chi connectivity index (χ0v) is 10.6. The molecule has 0 saturated carbocycles. The minimum absolute atomic E-state index is 0.00864. The van der Waals surface area contributed by atoms with Crippen LogP contribution in [-0.2, 0) is 4.79 Å². The van der Waals surface area contributed by atoms with Gasteiger partial charge in [0.25, 0.3) is 0 Å². The molecule has 0 spiro atoms. The Kier molecular flexibility index (Phi) is 3.89. The van der Waals surface area contributed by atoms with Gasteiger partial charge in [0.2, 0.25) is 5.91 Å². The van der Waals surface area contributed by atoms with Crippen molar-refractivity contribution in [3.63, 3.8) is 0 Å². The van der Waals surface area contributed by atoms with Crippen LogP contribution in [0.15, 0.2) is 24.3 Å². The first kappa shape index (κ1) is 12.2. The first-order valence-corrected chi connectivity index (χ1v) is 6.23. The number of methoxy groups -OCH3 is 1. The van der Waals surface area contributed by atoms with Gasteiger partial charge in [-0.15, -0.1) is 11.6 Å². The Labute approximate surface area is 106 Å². The summed E-state index contributed by atoms with van der Waals surface area (Å²) in [7, 11) is 1.61. The Morgan fingerprint density at radius 2 is 1.88 bits per heavy atom. The molecule has 3 nitrogen and oxygen atoms in total. The van der Waals surface area contributed by atoms with Crippen molar-refractivity contribution in [2.45, 2.75) is 18.2 Å². The van der Waals surface area contributed by atoms with Gasteiger partial charge >= 0.3 is 0 Å². The van der Waals surface area contributed by atoms with Gasteiger partial charge in [-0.1, -0.05) is 12.1 Å². The molecule has 0 radical (unpaired) electrons. The van der Waals surface area contributed by atoms with E-state index >= 15 is 0 Å². The summed E-state index contributed by atoms with van der Waals surface area (Å²) < 4.78 is 5.07. The van der Waals surface area contributed by atoms with E-state index in [1.165, 1.54) is 0 Å². The summed E-state index contributed by atoms with van der Waals surface area (Å²) in [5.74, 6) is 0.778. The summed E-state index contributed by atoms with van der Waals surface area (Å²) in [6.45, 7) is 1.66. The van der Waals surface area contributed by atoms with E-state index in [0.717, 1.165) is 37.2 Å². The zero-order valence-electron chi connectivity index (χ0n) is 9.86. The summed E-state index contributed by atoms with van der Waals surface area (Å²) >= 11 is 6.20. The summed E-state index contributed by atoms with van der Waals surface area (Å²) in [4.78, 5) is 13.9. The number of likely N-dealkylation sites (tertiary alicyclic amines) is 1. The monoisotopic (exact) mass is 253 g/mol. The number of ether oxygens (including phenoxy) is 1. The van der Waals surface area contributed by atoms with Gasteiger partial charge in [-0.2, -0.15) is 0 Å². The minimum Gasteiger partial charge on any atom is -0.497 e. The van der Waals surface area contributed by atoms with Crippen LogP contribution in [-0.4, -0.2) is 31.0 Å². The average Bonchev–Trinajstić information content (AvgIpc) is 2.91. The maximum atomic E-state index is 12.1. The highest BCUT2D eigenvalue weighted by Crippen LogP contribution is 2.26. The van der Waals surface area contributed by atoms with Crippen LogP contribution in [0.1, 0.15) is 23.8 Å². The second-order valence-electron chi connectivity index (χ2n) is 4.17. The quantitative estimate of drug-likeness (QED) is 0.775. The topological polar surface area (TPSA) is 29.5 Å². The van der Waals surface area contributed by atoms with Crippen molar-refractivity contribution in [3.05, 3.63) is 29.8 Å². The predicted molar refractivity (Wildman–Crippen MR) is 67.4 cm³/mol. The Hall–Kier alpha value is -1.22. The Balaban J connectivity index is 2.07. The molecule has 1 aliphatic rings. The van der Waals surface area contributed by atoms with Crippen molar-refractivity contribution in [1.29, 1.82) is 0 Å². The van der Waals surface area contributed by atoms with Crippen LogP contribution >= 0.6 is 11.6 Å². The van der Waals surface area contributed by atoms with Gasteiger partial charge in [0, 0.05) is 13.1 Å². The number of hydrogen-bond acceptors (Lipinski definition) is 2. The highest BCUT2D eigenvalue weighted by Gasteiger charge is 2.25. The Morgan fingerprint density at radius 1 is 1.29 bits per heavy atom. The van der Waals surface area contributed by atoms with Crippen LogP contribution in [0.3, 0.4) is 0 Å². The lowest BCUT2D eigenvalue weighted by Crippen LogP contribution is -2.30. The number of alkyl halides is 1. The maximum Gasteiger partial charge on any atom is 0.245 e. The van der Waals surface area contributed by atoms with Gasteiger partial charge in [0.15, 0.2) is 0 Å². The van der Waals surface area contributed by atoms with Crippen LogP contribution in [0.2, 0.25) is 0 Å². The van der Waals surface area contributed by atoms with Crippen molar-refractivity contribution in [3.8, 4) is 5.75 Å². The van der Waals surface area contributed by atoms with Crippen molar-refractivity contribution >= 4 is 17.5 Å². The number of nitrogens with zero attached hydrogens (tertiary/aromatic N) is 1. The van der Waals surface area contributed by atoms with E-state index in [1.54, 1.807) is 7.11 Å². The molecule has 2 rings (SSSR count). The number of hydrogen-bond donors (Lipinski definition) is 0. The van der Waals surface area contributed by atoms with Crippen LogP contribution in [0.4, 0.5) is 0 Å². The molecular formula is C13H16ClNO2. The van der Waals surface area contributed by atoms with E-state index in [1.807, 2.05) is 29.2 Å². The van der Waals surface area contributed by atoms with Crippen LogP contribution in [0.5, 0.6) is 5.75 Å². The maximum absolute atomic E-state index is 12.1. The molecule has 0 N–H and O–H groups in total. The van der Waals surface area contributed by atoms with E-state index in [0.29, 0.717) is 0 Å². The molecule has 1 heterocycles. The lowest BCUT2D eigenvalue weighted by Gasteiger charge is -2.19. The van der Waals surface area contributed by atoms with Gasteiger partial charge in [0.1, 0.15) is 11.1 Å². The summed E-state index contributed by atoms with van der Waals surface area (Å²) in [5.41, 5.74) is 0.823. The molecule has 0 aliphatic carbocycles. The molecule has 4 heteroatoms. The van der Waals surface area contributed by atoms with Gasteiger partial charge in [-0.25, -0.2) is 0 Å². The number of rotatable bonds is 3. The van der Waals surface area contributed by atoms with Crippen molar-refractivity contribution in [2.75, 3.05) is 20.2 Å². The number of halogens is 1. The number of benzene rings is 1. The fraction of sp³-hybridized carbons (Fsp3) is 0.462. The normalized spacial score (nSPS) is 16.9. The molecule has 1 fully saturated rings. The van der Waals surface area contributed by atoms with Crippen LogP contribution in [0, 0.1) is 0 Å². The zero-order chi connectivity index (χ0) is 12.3. The summed E-state index contributed by atoms with van der Waals surface area (Å²) in [6.07, 6.45) is 2.16. The highest BCUT2D eigenvalue weighted by molar-refractivity contribution is 6.30. The largest absolute Gasteiger partial charge is 0.497 e. The first-order valence-electron chi connectivity index (χ1n) is 5.79. The molecule has 1 aromatic carbocycles. The summed E-state index contributed by atoms with van der Waals surface area (Å²) in [5, 5.41) is -0.584. The fourth-order valence-electron chi connectivity index (χ4n) is 2.01. The van der Waals surface area contributed by atoms with Crippen molar-refractivity contribution in [1.82, 2.24) is 4.90 Å². The molecule has 1 aliphatic heterocycles. The van der Waals surface area contributed by atoms with Gasteiger partial charge < -0.3 is 9.64 Å². The molecule has 0 bridgehead atoms. The lowest BCUT2D eigenvalue weighted by atomic mass is 10.1. The van der Waals surface area contributed by atoms with E-state index in [-0.39, 0.29) is 5.91 Å². The van der Waals surface area contributed by atoms with E-state index < -0.39 is 5.38 Å². The van der Waals surface area contributed by atoms with Crippen LogP contribution < -0.4 is 4.74 Å². The number of carbonyl (C=O) groups is 1. The molecule has 1 aromatic rings. The third-order valence-electron chi connectivity index (χ3n) is 3.04. The third-order valence-corrected chi connectivity index (χ3v) is 3.48. The third kappa shape index (κ3) is 2.72.